The molecule has 108 valence electrons. The molecule has 5 heteroatoms. The van der Waals surface area contributed by atoms with E-state index in [0.717, 1.165) is 23.6 Å². The Morgan fingerprint density at radius 2 is 1.95 bits per heavy atom. The maximum absolute atomic E-state index is 4.12. The average molecular weight is 298 g/mol. The summed E-state index contributed by atoms with van der Waals surface area (Å²) in [6, 6.07) is 10.5. The van der Waals surface area contributed by atoms with Gasteiger partial charge in [-0.25, -0.2) is 0 Å². The van der Waals surface area contributed by atoms with Crippen molar-refractivity contribution in [3.8, 4) is 11.4 Å². The van der Waals surface area contributed by atoms with Gasteiger partial charge in [0.1, 0.15) is 6.33 Å². The van der Waals surface area contributed by atoms with E-state index >= 15 is 0 Å². The normalized spacial score (nSPS) is 10.8. The van der Waals surface area contributed by atoms with Crippen LogP contribution < -0.4 is 5.32 Å². The minimum absolute atomic E-state index is 0.861. The standard InChI is InChI=1S/C16H18N4S/c1-11-8-14(12(2)21-11)9-17-15-6-4-13(5-7-15)16-19-18-10-20(16)3/h4-8,10,17H,9H2,1-3H3. The van der Waals surface area contributed by atoms with Crippen LogP contribution in [-0.4, -0.2) is 14.8 Å². The van der Waals surface area contributed by atoms with Gasteiger partial charge in [0.25, 0.3) is 0 Å². The first kappa shape index (κ1) is 13.8. The molecule has 0 unspecified atom stereocenters. The van der Waals surface area contributed by atoms with Crippen LogP contribution >= 0.6 is 11.3 Å². The summed E-state index contributed by atoms with van der Waals surface area (Å²) in [4.78, 5) is 2.75. The molecule has 0 atom stereocenters. The van der Waals surface area contributed by atoms with Crippen molar-refractivity contribution < 1.29 is 0 Å². The first-order chi connectivity index (χ1) is 10.1. The Morgan fingerprint density at radius 3 is 2.52 bits per heavy atom. The molecule has 0 bridgehead atoms. The van der Waals surface area contributed by atoms with Crippen LogP contribution in [-0.2, 0) is 13.6 Å². The Hall–Kier alpha value is -2.14. The van der Waals surface area contributed by atoms with Crippen molar-refractivity contribution in [2.75, 3.05) is 5.32 Å². The van der Waals surface area contributed by atoms with Crippen LogP contribution in [0.3, 0.4) is 0 Å². The molecule has 0 spiro atoms. The molecule has 0 aliphatic rings. The van der Waals surface area contributed by atoms with E-state index in [1.54, 1.807) is 6.33 Å². The number of benzene rings is 1. The molecule has 1 N–H and O–H groups in total. The summed E-state index contributed by atoms with van der Waals surface area (Å²) < 4.78 is 1.92. The largest absolute Gasteiger partial charge is 0.381 e. The first-order valence-electron chi connectivity index (χ1n) is 6.87. The Balaban J connectivity index is 1.70. The highest BCUT2D eigenvalue weighted by atomic mass is 32.1. The van der Waals surface area contributed by atoms with E-state index in [2.05, 4.69) is 59.7 Å². The molecular weight excluding hydrogens is 280 g/mol. The lowest BCUT2D eigenvalue weighted by Crippen LogP contribution is -1.99. The SMILES string of the molecule is Cc1cc(CNc2ccc(-c3nncn3C)cc2)c(C)s1. The number of nitrogens with one attached hydrogen (secondary N) is 1. The lowest BCUT2D eigenvalue weighted by Gasteiger charge is -2.07. The van der Waals surface area contributed by atoms with Crippen LogP contribution in [0.4, 0.5) is 5.69 Å². The van der Waals surface area contributed by atoms with E-state index in [1.165, 1.54) is 15.3 Å². The van der Waals surface area contributed by atoms with Crippen LogP contribution in [0.25, 0.3) is 11.4 Å². The summed E-state index contributed by atoms with van der Waals surface area (Å²) in [6.07, 6.45) is 1.71. The van der Waals surface area contributed by atoms with Gasteiger partial charge in [0.15, 0.2) is 5.82 Å². The highest BCUT2D eigenvalue weighted by Crippen LogP contribution is 2.23. The second-order valence-electron chi connectivity index (χ2n) is 5.13. The second-order valence-corrected chi connectivity index (χ2v) is 6.60. The molecule has 0 aliphatic carbocycles. The third kappa shape index (κ3) is 2.97. The Labute approximate surface area is 128 Å². The summed E-state index contributed by atoms with van der Waals surface area (Å²) in [5, 5.41) is 11.5. The zero-order valence-electron chi connectivity index (χ0n) is 12.4. The van der Waals surface area contributed by atoms with Crippen LogP contribution in [0.2, 0.25) is 0 Å². The highest BCUT2D eigenvalue weighted by Gasteiger charge is 2.05. The quantitative estimate of drug-likeness (QED) is 0.797. The number of anilines is 1. The van der Waals surface area contributed by atoms with Gasteiger partial charge in [-0.15, -0.1) is 21.5 Å². The van der Waals surface area contributed by atoms with Gasteiger partial charge in [-0.2, -0.15) is 0 Å². The van der Waals surface area contributed by atoms with E-state index in [-0.39, 0.29) is 0 Å². The van der Waals surface area contributed by atoms with Crippen molar-refractivity contribution in [2.24, 2.45) is 7.05 Å². The molecule has 0 fully saturated rings. The maximum Gasteiger partial charge on any atom is 0.163 e. The molecule has 0 amide bonds. The van der Waals surface area contributed by atoms with Gasteiger partial charge in [-0.1, -0.05) is 0 Å². The monoisotopic (exact) mass is 298 g/mol. The van der Waals surface area contributed by atoms with Crippen LogP contribution in [0.15, 0.2) is 36.7 Å². The third-order valence-corrected chi connectivity index (χ3v) is 4.49. The predicted molar refractivity (Wildman–Crippen MR) is 87.6 cm³/mol. The highest BCUT2D eigenvalue weighted by molar-refractivity contribution is 7.12. The number of hydrogen-bond donors (Lipinski definition) is 1. The maximum atomic E-state index is 4.12. The van der Waals surface area contributed by atoms with Gasteiger partial charge in [0.05, 0.1) is 0 Å². The molecule has 0 aliphatic heterocycles. The Morgan fingerprint density at radius 1 is 1.19 bits per heavy atom. The average Bonchev–Trinajstić information content (AvgIpc) is 3.03. The molecule has 1 aromatic carbocycles. The zero-order chi connectivity index (χ0) is 14.8. The second kappa shape index (κ2) is 5.69. The van der Waals surface area contributed by atoms with Crippen molar-refractivity contribution in [3.63, 3.8) is 0 Å². The van der Waals surface area contributed by atoms with Gasteiger partial charge >= 0.3 is 0 Å². The van der Waals surface area contributed by atoms with Gasteiger partial charge < -0.3 is 9.88 Å². The number of aromatic nitrogens is 3. The van der Waals surface area contributed by atoms with Crippen molar-refractivity contribution in [2.45, 2.75) is 20.4 Å². The molecule has 2 heterocycles. The molecule has 3 aromatic rings. The smallest absolute Gasteiger partial charge is 0.163 e. The molecule has 4 nitrogen and oxygen atoms in total. The summed E-state index contributed by atoms with van der Waals surface area (Å²) in [5.74, 6) is 0.880. The van der Waals surface area contributed by atoms with E-state index < -0.39 is 0 Å². The molecular formula is C16H18N4S. The minimum Gasteiger partial charge on any atom is -0.381 e. The van der Waals surface area contributed by atoms with Gasteiger partial charge in [-0.05, 0) is 49.7 Å². The number of thiophene rings is 1. The molecule has 0 saturated heterocycles. The number of rotatable bonds is 4. The Bertz CT molecular complexity index is 740. The van der Waals surface area contributed by atoms with Crippen LogP contribution in [0.1, 0.15) is 15.3 Å². The predicted octanol–water partition coefficient (Wildman–Crippen LogP) is 3.77. The summed E-state index contributed by atoms with van der Waals surface area (Å²) in [7, 11) is 1.95. The van der Waals surface area contributed by atoms with Crippen molar-refractivity contribution >= 4 is 17.0 Å². The Kier molecular flexibility index (Phi) is 3.75. The van der Waals surface area contributed by atoms with E-state index in [0.29, 0.717) is 0 Å². The third-order valence-electron chi connectivity index (χ3n) is 3.48. The zero-order valence-corrected chi connectivity index (χ0v) is 13.2. The molecule has 2 aromatic heterocycles. The summed E-state index contributed by atoms with van der Waals surface area (Å²) in [5.41, 5.74) is 3.56. The summed E-state index contributed by atoms with van der Waals surface area (Å²) in [6.45, 7) is 5.18. The molecule has 0 radical (unpaired) electrons. The fourth-order valence-corrected chi connectivity index (χ4v) is 3.28. The number of hydrogen-bond acceptors (Lipinski definition) is 4. The van der Waals surface area contributed by atoms with Crippen molar-refractivity contribution in [3.05, 3.63) is 52.0 Å². The molecule has 21 heavy (non-hydrogen) atoms. The lowest BCUT2D eigenvalue weighted by atomic mass is 10.2. The first-order valence-corrected chi connectivity index (χ1v) is 7.69. The topological polar surface area (TPSA) is 42.7 Å². The minimum atomic E-state index is 0.861. The molecule has 0 saturated carbocycles. The lowest BCUT2D eigenvalue weighted by molar-refractivity contribution is 0.920. The van der Waals surface area contributed by atoms with E-state index in [4.69, 9.17) is 0 Å². The van der Waals surface area contributed by atoms with Crippen LogP contribution in [0.5, 0.6) is 0 Å². The van der Waals surface area contributed by atoms with Gasteiger partial charge in [0.2, 0.25) is 0 Å². The number of nitrogens with zero attached hydrogens (tertiary/aromatic N) is 3. The van der Waals surface area contributed by atoms with E-state index in [1.807, 2.05) is 23.0 Å². The van der Waals surface area contributed by atoms with Crippen molar-refractivity contribution in [1.82, 2.24) is 14.8 Å². The van der Waals surface area contributed by atoms with Crippen LogP contribution in [0, 0.1) is 13.8 Å². The fraction of sp³-hybridized carbons (Fsp3) is 0.250. The van der Waals surface area contributed by atoms with E-state index in [9.17, 15) is 0 Å². The summed E-state index contributed by atoms with van der Waals surface area (Å²) >= 11 is 1.85. The van der Waals surface area contributed by atoms with Gasteiger partial charge in [-0.3, -0.25) is 0 Å². The fourth-order valence-electron chi connectivity index (χ4n) is 2.34. The number of aryl methyl sites for hydroxylation is 3. The molecule has 3 rings (SSSR count). The van der Waals surface area contributed by atoms with Crippen molar-refractivity contribution in [1.29, 1.82) is 0 Å². The van der Waals surface area contributed by atoms with Gasteiger partial charge in [0, 0.05) is 34.6 Å².